The first-order valence-electron chi connectivity index (χ1n) is 11.4. The molecule has 0 amide bonds. The third kappa shape index (κ3) is 3.33. The van der Waals surface area contributed by atoms with Gasteiger partial charge >= 0.3 is 0 Å². The van der Waals surface area contributed by atoms with E-state index < -0.39 is 0 Å². The highest BCUT2D eigenvalue weighted by molar-refractivity contribution is 6.14. The van der Waals surface area contributed by atoms with Gasteiger partial charge in [-0.3, -0.25) is 4.98 Å². The minimum absolute atomic E-state index is 0.617. The van der Waals surface area contributed by atoms with Crippen LogP contribution in [-0.2, 0) is 0 Å². The van der Waals surface area contributed by atoms with Crippen LogP contribution in [0.1, 0.15) is 0 Å². The van der Waals surface area contributed by atoms with Crippen LogP contribution in [0, 0.1) is 0 Å². The number of aromatic nitrogens is 4. The standard InChI is InChI=1S/C30H18N4O/c1-3-8-20(9-4-1)28-32-29(21-10-5-2-6-11-21)34-30(33-28)22-14-13-19-15-16-23-26-25(12-7-17-31-26)35-27(23)24(19)18-22/h1-18H. The fraction of sp³-hybridized carbons (Fsp3) is 0. The van der Waals surface area contributed by atoms with Crippen molar-refractivity contribution in [3.8, 4) is 34.2 Å². The van der Waals surface area contributed by atoms with E-state index in [1.54, 1.807) is 6.20 Å². The van der Waals surface area contributed by atoms with Crippen LogP contribution in [0.3, 0.4) is 0 Å². The van der Waals surface area contributed by atoms with Crippen molar-refractivity contribution >= 4 is 32.8 Å². The molecule has 0 aliphatic rings. The fourth-order valence-electron chi connectivity index (χ4n) is 4.45. The van der Waals surface area contributed by atoms with Crippen molar-refractivity contribution in [2.75, 3.05) is 0 Å². The van der Waals surface area contributed by atoms with Crippen LogP contribution in [0.4, 0.5) is 0 Å². The van der Waals surface area contributed by atoms with Gasteiger partial charge in [-0.25, -0.2) is 15.0 Å². The Bertz CT molecular complexity index is 1790. The topological polar surface area (TPSA) is 64.7 Å². The Morgan fingerprint density at radius 1 is 0.514 bits per heavy atom. The number of benzene rings is 4. The van der Waals surface area contributed by atoms with E-state index in [2.05, 4.69) is 29.2 Å². The molecule has 164 valence electrons. The summed E-state index contributed by atoms with van der Waals surface area (Å²) in [7, 11) is 0. The minimum Gasteiger partial charge on any atom is -0.454 e. The minimum atomic E-state index is 0.617. The van der Waals surface area contributed by atoms with Gasteiger partial charge in [0.25, 0.3) is 0 Å². The maximum atomic E-state index is 6.23. The predicted molar refractivity (Wildman–Crippen MR) is 139 cm³/mol. The first-order valence-corrected chi connectivity index (χ1v) is 11.4. The fourth-order valence-corrected chi connectivity index (χ4v) is 4.45. The van der Waals surface area contributed by atoms with Gasteiger partial charge in [-0.15, -0.1) is 0 Å². The molecule has 0 saturated heterocycles. The molecule has 0 N–H and O–H groups in total. The van der Waals surface area contributed by atoms with E-state index in [0.717, 1.165) is 49.5 Å². The summed E-state index contributed by atoms with van der Waals surface area (Å²) in [6, 6.07) is 34.2. The van der Waals surface area contributed by atoms with E-state index in [1.165, 1.54) is 0 Å². The molecule has 35 heavy (non-hydrogen) atoms. The molecular weight excluding hydrogens is 432 g/mol. The van der Waals surface area contributed by atoms with Crippen molar-refractivity contribution in [1.29, 1.82) is 0 Å². The Kier molecular flexibility index (Phi) is 4.39. The van der Waals surface area contributed by atoms with Crippen LogP contribution in [0.25, 0.3) is 67.0 Å². The highest BCUT2D eigenvalue weighted by Crippen LogP contribution is 2.35. The van der Waals surface area contributed by atoms with Crippen LogP contribution >= 0.6 is 0 Å². The van der Waals surface area contributed by atoms with E-state index in [4.69, 9.17) is 19.4 Å². The molecule has 3 aromatic heterocycles. The van der Waals surface area contributed by atoms with Crippen LogP contribution in [0.5, 0.6) is 0 Å². The number of hydrogen-bond donors (Lipinski definition) is 0. The first kappa shape index (κ1) is 19.6. The van der Waals surface area contributed by atoms with Crippen molar-refractivity contribution in [1.82, 2.24) is 19.9 Å². The third-order valence-electron chi connectivity index (χ3n) is 6.17. The van der Waals surface area contributed by atoms with Gasteiger partial charge in [0.1, 0.15) is 11.1 Å². The molecule has 0 radical (unpaired) electrons. The zero-order chi connectivity index (χ0) is 23.2. The number of nitrogens with zero attached hydrogens (tertiary/aromatic N) is 4. The Morgan fingerprint density at radius 2 is 1.14 bits per heavy atom. The number of fused-ring (bicyclic) bond motifs is 5. The van der Waals surface area contributed by atoms with Crippen LogP contribution < -0.4 is 0 Å². The van der Waals surface area contributed by atoms with Crippen molar-refractivity contribution in [3.05, 3.63) is 109 Å². The highest BCUT2D eigenvalue weighted by Gasteiger charge is 2.15. The molecule has 5 heteroatoms. The molecule has 0 unspecified atom stereocenters. The second-order valence-corrected chi connectivity index (χ2v) is 8.37. The zero-order valence-electron chi connectivity index (χ0n) is 18.6. The smallest absolute Gasteiger partial charge is 0.164 e. The lowest BCUT2D eigenvalue weighted by Crippen LogP contribution is -2.00. The summed E-state index contributed by atoms with van der Waals surface area (Å²) >= 11 is 0. The second kappa shape index (κ2) is 7.85. The van der Waals surface area contributed by atoms with E-state index in [-0.39, 0.29) is 0 Å². The highest BCUT2D eigenvalue weighted by atomic mass is 16.3. The van der Waals surface area contributed by atoms with Crippen molar-refractivity contribution in [2.24, 2.45) is 0 Å². The van der Waals surface area contributed by atoms with Gasteiger partial charge in [0.05, 0.1) is 0 Å². The Hall–Kier alpha value is -4.90. The second-order valence-electron chi connectivity index (χ2n) is 8.37. The molecule has 0 atom stereocenters. The molecule has 3 heterocycles. The first-order chi connectivity index (χ1) is 17.3. The molecule has 4 aromatic carbocycles. The van der Waals surface area contributed by atoms with Gasteiger partial charge in [0, 0.05) is 33.7 Å². The summed E-state index contributed by atoms with van der Waals surface area (Å²) < 4.78 is 6.23. The lowest BCUT2D eigenvalue weighted by Gasteiger charge is -2.09. The maximum Gasteiger partial charge on any atom is 0.164 e. The van der Waals surface area contributed by atoms with Crippen LogP contribution in [0.15, 0.2) is 114 Å². The predicted octanol–water partition coefficient (Wildman–Crippen LogP) is 7.32. The largest absolute Gasteiger partial charge is 0.454 e. The molecule has 0 saturated carbocycles. The average molecular weight is 451 g/mol. The van der Waals surface area contributed by atoms with Crippen molar-refractivity contribution in [2.45, 2.75) is 0 Å². The van der Waals surface area contributed by atoms with E-state index in [0.29, 0.717) is 17.5 Å². The van der Waals surface area contributed by atoms with Gasteiger partial charge in [0.2, 0.25) is 0 Å². The maximum absolute atomic E-state index is 6.23. The van der Waals surface area contributed by atoms with E-state index in [9.17, 15) is 0 Å². The van der Waals surface area contributed by atoms with Gasteiger partial charge < -0.3 is 4.42 Å². The van der Waals surface area contributed by atoms with Gasteiger partial charge in [-0.1, -0.05) is 78.9 Å². The lowest BCUT2D eigenvalue weighted by molar-refractivity contribution is 0.672. The average Bonchev–Trinajstić information content (AvgIpc) is 3.33. The Balaban J connectivity index is 1.47. The summed E-state index contributed by atoms with van der Waals surface area (Å²) in [5, 5.41) is 3.08. The summed E-state index contributed by atoms with van der Waals surface area (Å²) in [5.41, 5.74) is 5.25. The van der Waals surface area contributed by atoms with E-state index in [1.807, 2.05) is 78.9 Å². The lowest BCUT2D eigenvalue weighted by atomic mass is 10.0. The molecule has 0 spiro atoms. The zero-order valence-corrected chi connectivity index (χ0v) is 18.6. The normalized spacial score (nSPS) is 11.4. The SMILES string of the molecule is c1ccc(-c2nc(-c3ccccc3)nc(-c3ccc4ccc5c6ncccc6oc5c4c3)n2)cc1. The number of hydrogen-bond acceptors (Lipinski definition) is 5. The number of furan rings is 1. The Labute approximate surface area is 200 Å². The molecule has 7 aromatic rings. The summed E-state index contributed by atoms with van der Waals surface area (Å²) in [5.74, 6) is 1.90. The summed E-state index contributed by atoms with van der Waals surface area (Å²) in [4.78, 5) is 19.0. The molecule has 0 aliphatic carbocycles. The third-order valence-corrected chi connectivity index (χ3v) is 6.17. The molecule has 7 rings (SSSR count). The van der Waals surface area contributed by atoms with E-state index >= 15 is 0 Å². The molecule has 0 bridgehead atoms. The summed E-state index contributed by atoms with van der Waals surface area (Å²) in [6.45, 7) is 0. The quantitative estimate of drug-likeness (QED) is 0.282. The molecule has 0 aliphatic heterocycles. The monoisotopic (exact) mass is 450 g/mol. The van der Waals surface area contributed by atoms with Crippen LogP contribution in [-0.4, -0.2) is 19.9 Å². The van der Waals surface area contributed by atoms with Gasteiger partial charge in [-0.05, 0) is 29.7 Å². The summed E-state index contributed by atoms with van der Waals surface area (Å²) in [6.07, 6.45) is 1.79. The van der Waals surface area contributed by atoms with Crippen molar-refractivity contribution in [3.63, 3.8) is 0 Å². The molecule has 5 nitrogen and oxygen atoms in total. The molecular formula is C30H18N4O. The van der Waals surface area contributed by atoms with Gasteiger partial charge in [-0.2, -0.15) is 0 Å². The van der Waals surface area contributed by atoms with Crippen molar-refractivity contribution < 1.29 is 4.42 Å². The molecule has 0 fully saturated rings. The number of rotatable bonds is 3. The number of pyridine rings is 1. The van der Waals surface area contributed by atoms with Crippen LogP contribution in [0.2, 0.25) is 0 Å². The van der Waals surface area contributed by atoms with Gasteiger partial charge in [0.15, 0.2) is 23.1 Å². The Morgan fingerprint density at radius 3 is 1.83 bits per heavy atom.